The highest BCUT2D eigenvalue weighted by atomic mass is 32.1. The lowest BCUT2D eigenvalue weighted by Crippen LogP contribution is -2.45. The van der Waals surface area contributed by atoms with Gasteiger partial charge in [0.25, 0.3) is 0 Å². The SMILES string of the molecule is c1cncc(C2CNCCN2Cc2cnc(-c3ccsc3)s2)c1. The number of hydrogen-bond acceptors (Lipinski definition) is 6. The van der Waals surface area contributed by atoms with Crippen molar-refractivity contribution in [3.8, 4) is 10.6 Å². The van der Waals surface area contributed by atoms with Crippen LogP contribution in [0.3, 0.4) is 0 Å². The van der Waals surface area contributed by atoms with Crippen molar-refractivity contribution in [3.05, 3.63) is 58.0 Å². The molecule has 4 nitrogen and oxygen atoms in total. The second-order valence-electron chi connectivity index (χ2n) is 5.62. The Morgan fingerprint density at radius 3 is 3.13 bits per heavy atom. The number of rotatable bonds is 4. The third-order valence-corrected chi connectivity index (χ3v) is 5.82. The molecule has 4 heterocycles. The average Bonchev–Trinajstić information content (AvgIpc) is 3.27. The van der Waals surface area contributed by atoms with Gasteiger partial charge in [-0.05, 0) is 23.1 Å². The molecular weight excluding hydrogens is 324 g/mol. The van der Waals surface area contributed by atoms with E-state index in [9.17, 15) is 0 Å². The van der Waals surface area contributed by atoms with Crippen LogP contribution in [-0.4, -0.2) is 34.5 Å². The molecule has 1 N–H and O–H groups in total. The predicted molar refractivity (Wildman–Crippen MR) is 95.7 cm³/mol. The first-order valence-electron chi connectivity index (χ1n) is 7.72. The molecule has 0 aliphatic carbocycles. The van der Waals surface area contributed by atoms with Gasteiger partial charge in [0.2, 0.25) is 0 Å². The summed E-state index contributed by atoms with van der Waals surface area (Å²) in [5, 5.41) is 8.88. The topological polar surface area (TPSA) is 41.1 Å². The first kappa shape index (κ1) is 15.0. The Balaban J connectivity index is 1.52. The van der Waals surface area contributed by atoms with Crippen molar-refractivity contribution < 1.29 is 0 Å². The summed E-state index contributed by atoms with van der Waals surface area (Å²) in [5.41, 5.74) is 2.51. The van der Waals surface area contributed by atoms with Crippen LogP contribution in [0.1, 0.15) is 16.5 Å². The van der Waals surface area contributed by atoms with E-state index in [-0.39, 0.29) is 0 Å². The number of thiazole rings is 1. The van der Waals surface area contributed by atoms with Crippen molar-refractivity contribution in [2.45, 2.75) is 12.6 Å². The highest BCUT2D eigenvalue weighted by molar-refractivity contribution is 7.15. The van der Waals surface area contributed by atoms with E-state index in [1.54, 1.807) is 22.7 Å². The monoisotopic (exact) mass is 342 g/mol. The Morgan fingerprint density at radius 2 is 2.30 bits per heavy atom. The van der Waals surface area contributed by atoms with E-state index in [0.29, 0.717) is 6.04 Å². The normalized spacial score (nSPS) is 19.0. The van der Waals surface area contributed by atoms with Gasteiger partial charge in [-0.2, -0.15) is 11.3 Å². The molecule has 0 radical (unpaired) electrons. The molecular formula is C17H18N4S2. The van der Waals surface area contributed by atoms with Crippen LogP contribution in [-0.2, 0) is 6.54 Å². The summed E-state index contributed by atoms with van der Waals surface area (Å²) in [6.45, 7) is 4.00. The fourth-order valence-electron chi connectivity index (χ4n) is 2.94. The smallest absolute Gasteiger partial charge is 0.124 e. The van der Waals surface area contributed by atoms with Crippen LogP contribution in [0.25, 0.3) is 10.6 Å². The first-order valence-corrected chi connectivity index (χ1v) is 9.48. The van der Waals surface area contributed by atoms with Gasteiger partial charge in [0.05, 0.1) is 0 Å². The van der Waals surface area contributed by atoms with Crippen molar-refractivity contribution in [2.75, 3.05) is 19.6 Å². The Kier molecular flexibility index (Phi) is 4.48. The molecule has 1 saturated heterocycles. The molecule has 0 bridgehead atoms. The number of thiophene rings is 1. The number of nitrogens with zero attached hydrogens (tertiary/aromatic N) is 3. The van der Waals surface area contributed by atoms with Crippen LogP contribution in [0, 0.1) is 0 Å². The highest BCUT2D eigenvalue weighted by Crippen LogP contribution is 2.30. The first-order chi connectivity index (χ1) is 11.4. The maximum Gasteiger partial charge on any atom is 0.124 e. The molecule has 0 spiro atoms. The van der Waals surface area contributed by atoms with Crippen LogP contribution in [0.5, 0.6) is 0 Å². The molecule has 1 aliphatic rings. The molecule has 0 amide bonds. The third-order valence-electron chi connectivity index (χ3n) is 4.10. The quantitative estimate of drug-likeness (QED) is 0.789. The molecule has 118 valence electrons. The molecule has 6 heteroatoms. The van der Waals surface area contributed by atoms with Gasteiger partial charge in [-0.1, -0.05) is 6.07 Å². The van der Waals surface area contributed by atoms with E-state index in [2.05, 4.69) is 43.1 Å². The van der Waals surface area contributed by atoms with Gasteiger partial charge in [-0.25, -0.2) is 4.98 Å². The maximum atomic E-state index is 4.59. The number of pyridine rings is 1. The molecule has 0 aromatic carbocycles. The fraction of sp³-hybridized carbons (Fsp3) is 0.294. The molecule has 0 saturated carbocycles. The largest absolute Gasteiger partial charge is 0.314 e. The summed E-state index contributed by atoms with van der Waals surface area (Å²) in [5.74, 6) is 0. The van der Waals surface area contributed by atoms with Crippen LogP contribution in [0.15, 0.2) is 47.5 Å². The van der Waals surface area contributed by atoms with E-state index < -0.39 is 0 Å². The van der Waals surface area contributed by atoms with Crippen molar-refractivity contribution in [1.82, 2.24) is 20.2 Å². The maximum absolute atomic E-state index is 4.59. The predicted octanol–water partition coefficient (Wildman–Crippen LogP) is 3.41. The van der Waals surface area contributed by atoms with Crippen LogP contribution in [0.2, 0.25) is 0 Å². The lowest BCUT2D eigenvalue weighted by atomic mass is 10.1. The van der Waals surface area contributed by atoms with Crippen molar-refractivity contribution in [3.63, 3.8) is 0 Å². The Hall–Kier alpha value is -1.60. The van der Waals surface area contributed by atoms with Crippen LogP contribution < -0.4 is 5.32 Å². The molecule has 3 aromatic heterocycles. The second kappa shape index (κ2) is 6.88. The van der Waals surface area contributed by atoms with E-state index in [4.69, 9.17) is 0 Å². The molecule has 23 heavy (non-hydrogen) atoms. The lowest BCUT2D eigenvalue weighted by molar-refractivity contribution is 0.155. The fourth-order valence-corrected chi connectivity index (χ4v) is 4.59. The van der Waals surface area contributed by atoms with E-state index in [1.165, 1.54) is 16.0 Å². The minimum atomic E-state index is 0.379. The van der Waals surface area contributed by atoms with Gasteiger partial charge in [-0.15, -0.1) is 11.3 Å². The zero-order valence-electron chi connectivity index (χ0n) is 12.7. The summed E-state index contributed by atoms with van der Waals surface area (Å²) in [7, 11) is 0. The van der Waals surface area contributed by atoms with Gasteiger partial charge in [0, 0.05) is 66.6 Å². The zero-order chi connectivity index (χ0) is 15.5. The van der Waals surface area contributed by atoms with Crippen molar-refractivity contribution >= 4 is 22.7 Å². The molecule has 1 atom stereocenters. The van der Waals surface area contributed by atoms with Crippen LogP contribution in [0.4, 0.5) is 0 Å². The lowest BCUT2D eigenvalue weighted by Gasteiger charge is -2.35. The number of nitrogens with one attached hydrogen (secondary N) is 1. The molecule has 1 fully saturated rings. The van der Waals surface area contributed by atoms with Gasteiger partial charge in [0.1, 0.15) is 5.01 Å². The molecule has 4 rings (SSSR count). The van der Waals surface area contributed by atoms with E-state index in [1.807, 2.05) is 24.7 Å². The molecule has 3 aromatic rings. The second-order valence-corrected chi connectivity index (χ2v) is 7.52. The van der Waals surface area contributed by atoms with Crippen molar-refractivity contribution in [1.29, 1.82) is 0 Å². The zero-order valence-corrected chi connectivity index (χ0v) is 14.3. The summed E-state index contributed by atoms with van der Waals surface area (Å²) in [4.78, 5) is 12.7. The number of aromatic nitrogens is 2. The Bertz CT molecular complexity index is 739. The highest BCUT2D eigenvalue weighted by Gasteiger charge is 2.24. The molecule has 1 aliphatic heterocycles. The average molecular weight is 342 g/mol. The number of piperazine rings is 1. The minimum absolute atomic E-state index is 0.379. The minimum Gasteiger partial charge on any atom is -0.314 e. The van der Waals surface area contributed by atoms with Gasteiger partial charge < -0.3 is 5.32 Å². The number of hydrogen-bond donors (Lipinski definition) is 1. The van der Waals surface area contributed by atoms with Crippen LogP contribution >= 0.6 is 22.7 Å². The molecule has 1 unspecified atom stereocenters. The van der Waals surface area contributed by atoms with E-state index in [0.717, 1.165) is 31.2 Å². The van der Waals surface area contributed by atoms with Crippen molar-refractivity contribution in [2.24, 2.45) is 0 Å². The summed E-state index contributed by atoms with van der Waals surface area (Å²) < 4.78 is 0. The summed E-state index contributed by atoms with van der Waals surface area (Å²) >= 11 is 3.52. The Labute approximate surface area is 143 Å². The Morgan fingerprint density at radius 1 is 1.30 bits per heavy atom. The summed E-state index contributed by atoms with van der Waals surface area (Å²) in [6, 6.07) is 6.70. The summed E-state index contributed by atoms with van der Waals surface area (Å²) in [6.07, 6.45) is 5.84. The van der Waals surface area contributed by atoms with Gasteiger partial charge >= 0.3 is 0 Å². The third kappa shape index (κ3) is 3.35. The van der Waals surface area contributed by atoms with E-state index >= 15 is 0 Å². The van der Waals surface area contributed by atoms with Gasteiger partial charge in [-0.3, -0.25) is 9.88 Å². The standard InChI is InChI=1S/C17H18N4S2/c1-2-13(8-18-4-1)16-10-19-5-6-21(16)11-15-9-20-17(23-15)14-3-7-22-12-14/h1-4,7-9,12,16,19H,5-6,10-11H2. The van der Waals surface area contributed by atoms with Gasteiger partial charge in [0.15, 0.2) is 0 Å².